The van der Waals surface area contributed by atoms with E-state index in [0.717, 1.165) is 22.4 Å². The molecule has 0 bridgehead atoms. The molecule has 29 heavy (non-hydrogen) atoms. The number of rotatable bonds is 6. The van der Waals surface area contributed by atoms with Gasteiger partial charge in [0.05, 0.1) is 0 Å². The van der Waals surface area contributed by atoms with Crippen LogP contribution in [0.2, 0.25) is 0 Å². The van der Waals surface area contributed by atoms with Crippen molar-refractivity contribution in [1.29, 1.82) is 0 Å². The molecular weight excluding hydrogens is 360 g/mol. The lowest BCUT2D eigenvalue weighted by Gasteiger charge is -2.19. The second kappa shape index (κ2) is 8.89. The van der Waals surface area contributed by atoms with Gasteiger partial charge in [-0.1, -0.05) is 36.4 Å². The van der Waals surface area contributed by atoms with E-state index < -0.39 is 0 Å². The van der Waals surface area contributed by atoms with Crippen molar-refractivity contribution >= 4 is 11.6 Å². The first kappa shape index (κ1) is 18.5. The van der Waals surface area contributed by atoms with Gasteiger partial charge in [-0.3, -0.25) is 19.7 Å². The fourth-order valence-corrected chi connectivity index (χ4v) is 3.33. The Hall–Kier alpha value is -3.86. The van der Waals surface area contributed by atoms with Gasteiger partial charge >= 0.3 is 0 Å². The number of aromatic nitrogens is 3. The van der Waals surface area contributed by atoms with Crippen molar-refractivity contribution in [2.75, 3.05) is 5.32 Å². The summed E-state index contributed by atoms with van der Waals surface area (Å²) < 4.78 is 0. The van der Waals surface area contributed by atoms with Gasteiger partial charge in [-0.25, -0.2) is 0 Å². The van der Waals surface area contributed by atoms with E-state index in [4.69, 9.17) is 0 Å². The van der Waals surface area contributed by atoms with Crippen LogP contribution < -0.4 is 5.32 Å². The van der Waals surface area contributed by atoms with Crippen molar-refractivity contribution in [1.82, 2.24) is 15.0 Å². The molecule has 3 heterocycles. The van der Waals surface area contributed by atoms with Crippen LogP contribution in [0.1, 0.15) is 33.1 Å². The maximum absolute atomic E-state index is 12.9. The number of para-hydroxylation sites is 1. The molecule has 0 aliphatic carbocycles. The third-order valence-electron chi connectivity index (χ3n) is 4.74. The van der Waals surface area contributed by atoms with Crippen LogP contribution in [-0.4, -0.2) is 20.9 Å². The van der Waals surface area contributed by atoms with E-state index in [-0.39, 0.29) is 11.8 Å². The number of benzene rings is 1. The second-order valence-electron chi connectivity index (χ2n) is 6.66. The fourth-order valence-electron chi connectivity index (χ4n) is 3.33. The van der Waals surface area contributed by atoms with E-state index in [9.17, 15) is 4.79 Å². The Kier molecular flexibility index (Phi) is 5.67. The molecule has 142 valence electrons. The third kappa shape index (κ3) is 4.52. The molecule has 4 rings (SSSR count). The number of carbonyl (C=O) groups is 1. The molecule has 0 aliphatic heterocycles. The van der Waals surface area contributed by atoms with Crippen molar-refractivity contribution in [2.24, 2.45) is 0 Å². The zero-order valence-electron chi connectivity index (χ0n) is 15.8. The van der Waals surface area contributed by atoms with Crippen molar-refractivity contribution in [3.05, 3.63) is 120 Å². The topological polar surface area (TPSA) is 67.8 Å². The first-order valence-electron chi connectivity index (χ1n) is 9.41. The molecule has 1 amide bonds. The van der Waals surface area contributed by atoms with Gasteiger partial charge in [0.1, 0.15) is 5.69 Å². The fraction of sp³-hybridized carbons (Fsp3) is 0.0833. The first-order valence-corrected chi connectivity index (χ1v) is 9.41. The van der Waals surface area contributed by atoms with Crippen LogP contribution in [-0.2, 0) is 6.42 Å². The smallest absolute Gasteiger partial charge is 0.274 e. The Balaban J connectivity index is 1.66. The summed E-state index contributed by atoms with van der Waals surface area (Å²) in [7, 11) is 0. The van der Waals surface area contributed by atoms with Crippen LogP contribution in [0.4, 0.5) is 5.69 Å². The summed E-state index contributed by atoms with van der Waals surface area (Å²) in [5, 5.41) is 2.93. The van der Waals surface area contributed by atoms with Crippen molar-refractivity contribution < 1.29 is 4.79 Å². The van der Waals surface area contributed by atoms with E-state index in [1.54, 1.807) is 18.6 Å². The Morgan fingerprint density at radius 3 is 2.07 bits per heavy atom. The Morgan fingerprint density at radius 2 is 1.45 bits per heavy atom. The summed E-state index contributed by atoms with van der Waals surface area (Å²) in [5.74, 6) is -0.201. The molecule has 5 nitrogen and oxygen atoms in total. The summed E-state index contributed by atoms with van der Waals surface area (Å²) in [6.07, 6.45) is 9.49. The molecule has 0 radical (unpaired) electrons. The van der Waals surface area contributed by atoms with E-state index in [0.29, 0.717) is 12.1 Å². The molecule has 0 spiro atoms. The minimum atomic E-state index is -0.220. The summed E-state index contributed by atoms with van der Waals surface area (Å²) in [6, 6.07) is 21.1. The number of hydrogen-bond acceptors (Lipinski definition) is 4. The monoisotopic (exact) mass is 380 g/mol. The number of hydrogen-bond donors (Lipinski definition) is 1. The summed E-state index contributed by atoms with van der Waals surface area (Å²) in [4.78, 5) is 25.8. The summed E-state index contributed by atoms with van der Waals surface area (Å²) >= 11 is 0. The lowest BCUT2D eigenvalue weighted by molar-refractivity contribution is 0.102. The molecule has 1 aromatic carbocycles. The third-order valence-corrected chi connectivity index (χ3v) is 4.74. The van der Waals surface area contributed by atoms with Crippen LogP contribution in [0.5, 0.6) is 0 Å². The number of carbonyl (C=O) groups excluding carboxylic acids is 1. The molecular formula is C24H20N4O. The Labute approximate surface area is 169 Å². The highest BCUT2D eigenvalue weighted by molar-refractivity contribution is 6.03. The number of nitrogens with one attached hydrogen (secondary N) is 1. The largest absolute Gasteiger partial charge is 0.321 e. The SMILES string of the molecule is O=C(Nc1ccccc1)c1ncccc1CC(c1cccnc1)c1cccnc1. The van der Waals surface area contributed by atoms with Gasteiger partial charge in [0.25, 0.3) is 5.91 Å². The highest BCUT2D eigenvalue weighted by Gasteiger charge is 2.20. The molecule has 0 saturated carbocycles. The predicted octanol–water partition coefficient (Wildman–Crippen LogP) is 4.50. The Morgan fingerprint density at radius 1 is 0.793 bits per heavy atom. The van der Waals surface area contributed by atoms with Gasteiger partial charge in [0.2, 0.25) is 0 Å². The van der Waals surface area contributed by atoms with Gasteiger partial charge in [0, 0.05) is 42.6 Å². The van der Waals surface area contributed by atoms with Crippen LogP contribution in [0.15, 0.2) is 97.7 Å². The second-order valence-corrected chi connectivity index (χ2v) is 6.66. The lowest BCUT2D eigenvalue weighted by Crippen LogP contribution is -2.17. The van der Waals surface area contributed by atoms with Gasteiger partial charge < -0.3 is 5.32 Å². The average Bonchev–Trinajstić information content (AvgIpc) is 2.79. The molecule has 5 heteroatoms. The molecule has 3 aromatic heterocycles. The molecule has 0 atom stereocenters. The lowest BCUT2D eigenvalue weighted by atomic mass is 9.87. The molecule has 0 unspecified atom stereocenters. The van der Waals surface area contributed by atoms with Gasteiger partial charge in [-0.15, -0.1) is 0 Å². The van der Waals surface area contributed by atoms with E-state index >= 15 is 0 Å². The summed E-state index contributed by atoms with van der Waals surface area (Å²) in [5.41, 5.74) is 4.18. The van der Waals surface area contributed by atoms with Crippen LogP contribution in [0, 0.1) is 0 Å². The van der Waals surface area contributed by atoms with E-state index in [1.807, 2.05) is 79.1 Å². The average molecular weight is 380 g/mol. The molecule has 0 aliphatic rings. The minimum absolute atomic E-state index is 0.0184. The van der Waals surface area contributed by atoms with Gasteiger partial charge in [0.15, 0.2) is 0 Å². The van der Waals surface area contributed by atoms with Gasteiger partial charge in [-0.2, -0.15) is 0 Å². The summed E-state index contributed by atoms with van der Waals surface area (Å²) in [6.45, 7) is 0. The maximum atomic E-state index is 12.9. The minimum Gasteiger partial charge on any atom is -0.321 e. The zero-order valence-corrected chi connectivity index (χ0v) is 15.8. The van der Waals surface area contributed by atoms with E-state index in [1.165, 1.54) is 0 Å². The number of pyridine rings is 3. The highest BCUT2D eigenvalue weighted by atomic mass is 16.1. The quantitative estimate of drug-likeness (QED) is 0.535. The molecule has 4 aromatic rings. The van der Waals surface area contributed by atoms with Gasteiger partial charge in [-0.05, 0) is 53.4 Å². The number of nitrogens with zero attached hydrogens (tertiary/aromatic N) is 3. The zero-order chi connectivity index (χ0) is 19.9. The predicted molar refractivity (Wildman–Crippen MR) is 113 cm³/mol. The highest BCUT2D eigenvalue weighted by Crippen LogP contribution is 2.28. The molecule has 0 saturated heterocycles. The number of anilines is 1. The van der Waals surface area contributed by atoms with E-state index in [2.05, 4.69) is 20.3 Å². The van der Waals surface area contributed by atoms with Crippen molar-refractivity contribution in [2.45, 2.75) is 12.3 Å². The van der Waals surface area contributed by atoms with Crippen LogP contribution >= 0.6 is 0 Å². The maximum Gasteiger partial charge on any atom is 0.274 e. The van der Waals surface area contributed by atoms with Crippen LogP contribution in [0.3, 0.4) is 0 Å². The normalized spacial score (nSPS) is 10.7. The van der Waals surface area contributed by atoms with Crippen molar-refractivity contribution in [3.63, 3.8) is 0 Å². The van der Waals surface area contributed by atoms with Crippen molar-refractivity contribution in [3.8, 4) is 0 Å². The molecule has 1 N–H and O–H groups in total. The first-order chi connectivity index (χ1) is 14.3. The number of amides is 1. The standard InChI is InChI=1S/C24H20N4O/c29-24(28-21-10-2-1-3-11-21)23-18(7-6-14-27-23)15-22(19-8-4-12-25-16-19)20-9-5-13-26-17-20/h1-14,16-17,22H,15H2,(H,28,29). The Bertz CT molecular complexity index is 1030. The molecule has 0 fully saturated rings. The van der Waals surface area contributed by atoms with Crippen LogP contribution in [0.25, 0.3) is 0 Å².